The number of ether oxygens (including phenoxy) is 2. The number of hydrogen-bond acceptors (Lipinski definition) is 8. The molecule has 1 aromatic carbocycles. The van der Waals surface area contributed by atoms with Gasteiger partial charge in [-0.25, -0.2) is 9.78 Å². The van der Waals surface area contributed by atoms with Crippen molar-refractivity contribution < 1.29 is 32.7 Å². The quantitative estimate of drug-likeness (QED) is 0.447. The molecule has 0 unspecified atom stereocenters. The molecule has 1 aromatic heterocycles. The van der Waals surface area contributed by atoms with Gasteiger partial charge in [0.25, 0.3) is 5.91 Å². The summed E-state index contributed by atoms with van der Waals surface area (Å²) in [6.45, 7) is 0. The summed E-state index contributed by atoms with van der Waals surface area (Å²) in [5.74, 6) is -0.569. The van der Waals surface area contributed by atoms with Gasteiger partial charge in [0, 0.05) is 38.5 Å². The monoisotopic (exact) mass is 436 g/mol. The summed E-state index contributed by atoms with van der Waals surface area (Å²) >= 11 is 0. The number of esters is 1. The van der Waals surface area contributed by atoms with Crippen molar-refractivity contribution in [3.05, 3.63) is 59.3 Å². The Morgan fingerprint density at radius 3 is 2.13 bits per heavy atom. The van der Waals surface area contributed by atoms with Crippen molar-refractivity contribution in [3.63, 3.8) is 0 Å². The van der Waals surface area contributed by atoms with Crippen molar-refractivity contribution in [2.45, 2.75) is 18.6 Å². The molecule has 0 saturated heterocycles. The molecule has 1 N–H and O–H groups in total. The molecule has 30 heavy (non-hydrogen) atoms. The zero-order valence-electron chi connectivity index (χ0n) is 17.3. The molecule has 2 rings (SSSR count). The maximum atomic E-state index is 12.6. The van der Waals surface area contributed by atoms with Gasteiger partial charge in [-0.2, -0.15) is 0 Å². The lowest BCUT2D eigenvalue weighted by molar-refractivity contribution is -0.142. The third-order valence-electron chi connectivity index (χ3n) is 4.39. The molecule has 0 fully saturated rings. The second-order valence-corrected chi connectivity index (χ2v) is 8.56. The van der Waals surface area contributed by atoms with Crippen molar-refractivity contribution in [2.24, 2.45) is 0 Å². The molecule has 10 heteroatoms. The van der Waals surface area contributed by atoms with E-state index in [1.807, 2.05) is 0 Å². The molecule has 0 aliphatic rings. The van der Waals surface area contributed by atoms with Crippen LogP contribution in [-0.2, 0) is 35.7 Å². The molecule has 1 amide bonds. The SMILES string of the molecule is COC(=O)[C@H](Cc1ccc(OC)nc1)NC(=O)c1ccc(CP(=O)(OC)OC)cc1. The number of hydrogen-bond donors (Lipinski definition) is 1. The van der Waals surface area contributed by atoms with Crippen molar-refractivity contribution in [3.8, 4) is 5.88 Å². The van der Waals surface area contributed by atoms with Gasteiger partial charge in [-0.1, -0.05) is 18.2 Å². The predicted octanol–water partition coefficient (Wildman–Crippen LogP) is 2.59. The molecule has 9 nitrogen and oxygen atoms in total. The Morgan fingerprint density at radius 1 is 1.00 bits per heavy atom. The second-order valence-electron chi connectivity index (χ2n) is 6.29. The molecule has 1 heterocycles. The number of methoxy groups -OCH3 is 2. The van der Waals surface area contributed by atoms with E-state index in [4.69, 9.17) is 18.5 Å². The maximum Gasteiger partial charge on any atom is 0.334 e. The molecular formula is C20H25N2O7P. The average Bonchev–Trinajstić information content (AvgIpc) is 2.78. The van der Waals surface area contributed by atoms with Gasteiger partial charge in [-0.05, 0) is 23.3 Å². The van der Waals surface area contributed by atoms with E-state index in [0.29, 0.717) is 17.0 Å². The number of pyridine rings is 1. The molecule has 2 aromatic rings. The lowest BCUT2D eigenvalue weighted by atomic mass is 10.1. The molecule has 0 saturated carbocycles. The van der Waals surface area contributed by atoms with Gasteiger partial charge in [0.15, 0.2) is 0 Å². The normalized spacial score (nSPS) is 12.1. The van der Waals surface area contributed by atoms with Crippen LogP contribution in [0.15, 0.2) is 42.6 Å². The first-order valence-electron chi connectivity index (χ1n) is 9.01. The average molecular weight is 436 g/mol. The number of nitrogens with zero attached hydrogens (tertiary/aromatic N) is 1. The fraction of sp³-hybridized carbons (Fsp3) is 0.350. The Labute approximate surface area is 175 Å². The molecule has 0 spiro atoms. The summed E-state index contributed by atoms with van der Waals surface area (Å²) in [6, 6.07) is 8.99. The first-order valence-corrected chi connectivity index (χ1v) is 10.7. The van der Waals surface area contributed by atoms with Gasteiger partial charge in [-0.3, -0.25) is 9.36 Å². The minimum absolute atomic E-state index is 0.0805. The standard InChI is InChI=1S/C20H25N2O7P/c1-26-18-10-7-15(12-21-18)11-17(20(24)27-2)22-19(23)16-8-5-14(6-9-16)13-30(25,28-3)29-4/h5-10,12,17H,11,13H2,1-4H3,(H,22,23)/t17-/m0/s1. The first-order chi connectivity index (χ1) is 14.3. The van der Waals surface area contributed by atoms with Gasteiger partial charge < -0.3 is 23.8 Å². The zero-order valence-corrected chi connectivity index (χ0v) is 18.2. The lowest BCUT2D eigenvalue weighted by Crippen LogP contribution is -2.43. The summed E-state index contributed by atoms with van der Waals surface area (Å²) in [5, 5.41) is 2.67. The van der Waals surface area contributed by atoms with Crippen LogP contribution in [0, 0.1) is 0 Å². The highest BCUT2D eigenvalue weighted by Crippen LogP contribution is 2.49. The lowest BCUT2D eigenvalue weighted by Gasteiger charge is -2.17. The van der Waals surface area contributed by atoms with Crippen LogP contribution in [0.5, 0.6) is 5.88 Å². The van der Waals surface area contributed by atoms with E-state index in [1.165, 1.54) is 28.4 Å². The molecule has 0 aliphatic heterocycles. The number of carbonyl (C=O) groups is 2. The van der Waals surface area contributed by atoms with Gasteiger partial charge >= 0.3 is 13.6 Å². The van der Waals surface area contributed by atoms with Crippen LogP contribution in [-0.4, -0.2) is 51.3 Å². The Bertz CT molecular complexity index is 892. The van der Waals surface area contributed by atoms with Crippen LogP contribution in [0.1, 0.15) is 21.5 Å². The van der Waals surface area contributed by atoms with E-state index >= 15 is 0 Å². The number of aromatic nitrogens is 1. The minimum Gasteiger partial charge on any atom is -0.481 e. The molecule has 0 bridgehead atoms. The van der Waals surface area contributed by atoms with Crippen LogP contribution >= 0.6 is 7.60 Å². The van der Waals surface area contributed by atoms with Crippen LogP contribution in [0.25, 0.3) is 0 Å². The number of amides is 1. The maximum absolute atomic E-state index is 12.6. The van der Waals surface area contributed by atoms with E-state index in [9.17, 15) is 14.2 Å². The highest BCUT2D eigenvalue weighted by Gasteiger charge is 2.24. The Morgan fingerprint density at radius 2 is 1.63 bits per heavy atom. The minimum atomic E-state index is -3.20. The van der Waals surface area contributed by atoms with Gasteiger partial charge in [0.05, 0.1) is 20.4 Å². The fourth-order valence-electron chi connectivity index (χ4n) is 2.65. The summed E-state index contributed by atoms with van der Waals surface area (Å²) in [5.41, 5.74) is 1.76. The highest BCUT2D eigenvalue weighted by atomic mass is 31.2. The summed E-state index contributed by atoms with van der Waals surface area (Å²) in [6.07, 6.45) is 1.86. The van der Waals surface area contributed by atoms with E-state index in [0.717, 1.165) is 5.56 Å². The molecule has 162 valence electrons. The zero-order chi connectivity index (χ0) is 22.1. The van der Waals surface area contributed by atoms with Gasteiger partial charge in [0.2, 0.25) is 5.88 Å². The molecule has 0 radical (unpaired) electrons. The smallest absolute Gasteiger partial charge is 0.334 e. The third kappa shape index (κ3) is 6.38. The topological polar surface area (TPSA) is 113 Å². The molecule has 0 aliphatic carbocycles. The van der Waals surface area contributed by atoms with Gasteiger partial charge in [0.1, 0.15) is 6.04 Å². The van der Waals surface area contributed by atoms with E-state index in [2.05, 4.69) is 10.3 Å². The Balaban J connectivity index is 2.09. The number of benzene rings is 1. The van der Waals surface area contributed by atoms with Crippen molar-refractivity contribution in [2.75, 3.05) is 28.4 Å². The largest absolute Gasteiger partial charge is 0.481 e. The van der Waals surface area contributed by atoms with Crippen molar-refractivity contribution in [1.82, 2.24) is 10.3 Å². The second kappa shape index (κ2) is 10.9. The predicted molar refractivity (Wildman–Crippen MR) is 110 cm³/mol. The first kappa shape index (κ1) is 23.5. The number of nitrogens with one attached hydrogen (secondary N) is 1. The molecular weight excluding hydrogens is 411 g/mol. The third-order valence-corrected chi connectivity index (χ3v) is 6.25. The number of carbonyl (C=O) groups excluding carboxylic acids is 2. The molecule has 1 atom stereocenters. The highest BCUT2D eigenvalue weighted by molar-refractivity contribution is 7.52. The van der Waals surface area contributed by atoms with E-state index < -0.39 is 25.5 Å². The fourth-order valence-corrected chi connectivity index (χ4v) is 3.72. The Hall–Kier alpha value is -2.74. The van der Waals surface area contributed by atoms with Crippen molar-refractivity contribution in [1.29, 1.82) is 0 Å². The van der Waals surface area contributed by atoms with Crippen LogP contribution < -0.4 is 10.1 Å². The number of rotatable bonds is 10. The summed E-state index contributed by atoms with van der Waals surface area (Å²) in [7, 11) is 2.19. The summed E-state index contributed by atoms with van der Waals surface area (Å²) in [4.78, 5) is 28.9. The Kier molecular flexibility index (Phi) is 8.53. The van der Waals surface area contributed by atoms with E-state index in [-0.39, 0.29) is 12.6 Å². The van der Waals surface area contributed by atoms with Crippen LogP contribution in [0.3, 0.4) is 0 Å². The van der Waals surface area contributed by atoms with E-state index in [1.54, 1.807) is 42.6 Å². The summed E-state index contributed by atoms with van der Waals surface area (Å²) < 4.78 is 31.9. The van der Waals surface area contributed by atoms with Crippen LogP contribution in [0.4, 0.5) is 0 Å². The van der Waals surface area contributed by atoms with Gasteiger partial charge in [-0.15, -0.1) is 0 Å². The van der Waals surface area contributed by atoms with Crippen molar-refractivity contribution >= 4 is 19.5 Å². The van der Waals surface area contributed by atoms with Crippen LogP contribution in [0.2, 0.25) is 0 Å².